The lowest BCUT2D eigenvalue weighted by molar-refractivity contribution is 0.0775. The molecule has 1 aromatic heterocycles. The summed E-state index contributed by atoms with van der Waals surface area (Å²) in [7, 11) is 0. The van der Waals surface area contributed by atoms with Crippen molar-refractivity contribution in [2.75, 3.05) is 31.2 Å². The van der Waals surface area contributed by atoms with Gasteiger partial charge in [0.1, 0.15) is 6.33 Å². The Balaban J connectivity index is 1.49. The predicted molar refractivity (Wildman–Crippen MR) is 109 cm³/mol. The zero-order valence-electron chi connectivity index (χ0n) is 15.7. The van der Waals surface area contributed by atoms with Gasteiger partial charge in [-0.3, -0.25) is 9.69 Å². The first-order chi connectivity index (χ1) is 13.8. The monoisotopic (exact) mass is 373 g/mol. The van der Waals surface area contributed by atoms with Crippen molar-refractivity contribution in [3.8, 4) is 0 Å². The van der Waals surface area contributed by atoms with E-state index in [-0.39, 0.29) is 5.91 Å². The van der Waals surface area contributed by atoms with E-state index in [1.165, 1.54) is 11.9 Å². The second kappa shape index (κ2) is 8.73. The number of nitrogens with zero attached hydrogens (tertiary/aromatic N) is 5. The zero-order valence-corrected chi connectivity index (χ0v) is 15.7. The van der Waals surface area contributed by atoms with E-state index in [1.807, 2.05) is 36.4 Å². The number of rotatable bonds is 5. The molecule has 1 amide bonds. The van der Waals surface area contributed by atoms with Gasteiger partial charge in [0.15, 0.2) is 5.82 Å². The van der Waals surface area contributed by atoms with E-state index < -0.39 is 0 Å². The molecule has 28 heavy (non-hydrogen) atoms. The smallest absolute Gasteiger partial charge is 0.274 e. The van der Waals surface area contributed by atoms with Gasteiger partial charge in [0.25, 0.3) is 5.91 Å². The highest BCUT2D eigenvalue weighted by Gasteiger charge is 2.28. The van der Waals surface area contributed by atoms with Crippen LogP contribution in [0.1, 0.15) is 15.9 Å². The van der Waals surface area contributed by atoms with Crippen molar-refractivity contribution in [1.82, 2.24) is 19.9 Å². The molecule has 0 spiro atoms. The molecule has 0 unspecified atom stereocenters. The molecule has 0 radical (unpaired) electrons. The van der Waals surface area contributed by atoms with Gasteiger partial charge in [-0.2, -0.15) is 0 Å². The Morgan fingerprint density at radius 3 is 2.21 bits per heavy atom. The largest absolute Gasteiger partial charge is 0.296 e. The average molecular weight is 373 g/mol. The van der Waals surface area contributed by atoms with Crippen LogP contribution in [0.4, 0.5) is 5.82 Å². The third-order valence-corrected chi connectivity index (χ3v) is 4.88. The number of aromatic nitrogens is 2. The molecular formula is C22H23N5O. The number of hydrazine groups is 1. The number of piperazine rings is 1. The van der Waals surface area contributed by atoms with Crippen molar-refractivity contribution < 1.29 is 4.79 Å². The fourth-order valence-electron chi connectivity index (χ4n) is 3.43. The van der Waals surface area contributed by atoms with E-state index in [1.54, 1.807) is 17.3 Å². The van der Waals surface area contributed by atoms with Crippen LogP contribution in [-0.4, -0.2) is 52.0 Å². The SMILES string of the molecule is O=C(c1ccccc1)N(c1ccncn1)N1CCN(Cc2ccccc2)CC1. The Labute approximate surface area is 165 Å². The first-order valence-electron chi connectivity index (χ1n) is 9.48. The highest BCUT2D eigenvalue weighted by atomic mass is 16.2. The molecule has 1 aliphatic rings. The number of hydrogen-bond donors (Lipinski definition) is 0. The molecule has 1 saturated heterocycles. The first-order valence-corrected chi connectivity index (χ1v) is 9.48. The van der Waals surface area contributed by atoms with Crippen LogP contribution in [0.3, 0.4) is 0 Å². The van der Waals surface area contributed by atoms with Crippen LogP contribution in [-0.2, 0) is 6.54 Å². The van der Waals surface area contributed by atoms with Gasteiger partial charge < -0.3 is 0 Å². The molecule has 1 aliphatic heterocycles. The molecule has 2 aromatic carbocycles. The molecule has 4 rings (SSSR count). The van der Waals surface area contributed by atoms with Gasteiger partial charge in [-0.1, -0.05) is 48.5 Å². The molecule has 0 saturated carbocycles. The molecule has 2 heterocycles. The summed E-state index contributed by atoms with van der Waals surface area (Å²) in [5.74, 6) is 0.524. The number of amides is 1. The third-order valence-electron chi connectivity index (χ3n) is 4.88. The van der Waals surface area contributed by atoms with Gasteiger partial charge in [-0.05, 0) is 17.7 Å². The first kappa shape index (κ1) is 18.3. The molecule has 0 N–H and O–H groups in total. The minimum absolute atomic E-state index is 0.0733. The average Bonchev–Trinajstić information content (AvgIpc) is 2.77. The molecule has 6 heteroatoms. The number of hydrogen-bond acceptors (Lipinski definition) is 5. The maximum Gasteiger partial charge on any atom is 0.274 e. The lowest BCUT2D eigenvalue weighted by Gasteiger charge is -2.40. The fourth-order valence-corrected chi connectivity index (χ4v) is 3.43. The van der Waals surface area contributed by atoms with Gasteiger partial charge >= 0.3 is 0 Å². The summed E-state index contributed by atoms with van der Waals surface area (Å²) in [6.45, 7) is 4.22. The van der Waals surface area contributed by atoms with E-state index in [0.29, 0.717) is 11.4 Å². The Hall–Kier alpha value is -3.09. The fraction of sp³-hybridized carbons (Fsp3) is 0.227. The summed E-state index contributed by atoms with van der Waals surface area (Å²) < 4.78 is 0. The summed E-state index contributed by atoms with van der Waals surface area (Å²) in [5.41, 5.74) is 1.96. The zero-order chi connectivity index (χ0) is 19.2. The number of carbonyl (C=O) groups excluding carboxylic acids is 1. The maximum absolute atomic E-state index is 13.2. The van der Waals surface area contributed by atoms with E-state index in [0.717, 1.165) is 32.7 Å². The Morgan fingerprint density at radius 2 is 1.57 bits per heavy atom. The van der Waals surface area contributed by atoms with Crippen LogP contribution < -0.4 is 5.01 Å². The number of carbonyl (C=O) groups is 1. The lowest BCUT2D eigenvalue weighted by Crippen LogP contribution is -2.56. The Kier molecular flexibility index (Phi) is 5.70. The lowest BCUT2D eigenvalue weighted by atomic mass is 10.2. The van der Waals surface area contributed by atoms with Crippen molar-refractivity contribution in [3.63, 3.8) is 0 Å². The molecule has 1 fully saturated rings. The molecule has 0 aliphatic carbocycles. The predicted octanol–water partition coefficient (Wildman–Crippen LogP) is 2.86. The Bertz CT molecular complexity index is 881. The summed E-state index contributed by atoms with van der Waals surface area (Å²) in [4.78, 5) is 24.0. The van der Waals surface area contributed by atoms with Crippen LogP contribution in [0, 0.1) is 0 Å². The summed E-state index contributed by atoms with van der Waals surface area (Å²) in [6.07, 6.45) is 3.14. The number of benzene rings is 2. The van der Waals surface area contributed by atoms with Gasteiger partial charge in [0.2, 0.25) is 0 Å². The summed E-state index contributed by atoms with van der Waals surface area (Å²) in [5, 5.41) is 3.77. The minimum atomic E-state index is -0.0733. The quantitative estimate of drug-likeness (QED) is 0.688. The van der Waals surface area contributed by atoms with E-state index in [4.69, 9.17) is 0 Å². The van der Waals surface area contributed by atoms with Crippen LogP contribution >= 0.6 is 0 Å². The molecule has 3 aromatic rings. The molecule has 142 valence electrons. The van der Waals surface area contributed by atoms with Crippen LogP contribution in [0.25, 0.3) is 0 Å². The van der Waals surface area contributed by atoms with Crippen molar-refractivity contribution in [1.29, 1.82) is 0 Å². The second-order valence-electron chi connectivity index (χ2n) is 6.77. The van der Waals surface area contributed by atoms with E-state index in [2.05, 4.69) is 44.1 Å². The van der Waals surface area contributed by atoms with Crippen LogP contribution in [0.15, 0.2) is 79.3 Å². The second-order valence-corrected chi connectivity index (χ2v) is 6.77. The van der Waals surface area contributed by atoms with Crippen molar-refractivity contribution in [2.24, 2.45) is 0 Å². The van der Waals surface area contributed by atoms with Crippen molar-refractivity contribution >= 4 is 11.7 Å². The molecule has 0 bridgehead atoms. The van der Waals surface area contributed by atoms with E-state index in [9.17, 15) is 4.79 Å². The summed E-state index contributed by atoms with van der Waals surface area (Å²) >= 11 is 0. The van der Waals surface area contributed by atoms with E-state index >= 15 is 0 Å². The standard InChI is InChI=1S/C22H23N5O/c28-22(20-9-5-2-6-10-20)27(21-11-12-23-18-24-21)26-15-13-25(14-16-26)17-19-7-3-1-4-8-19/h1-12,18H,13-17H2. The highest BCUT2D eigenvalue weighted by Crippen LogP contribution is 2.19. The highest BCUT2D eigenvalue weighted by molar-refractivity contribution is 6.04. The number of anilines is 1. The molecule has 0 atom stereocenters. The molecule has 6 nitrogen and oxygen atoms in total. The minimum Gasteiger partial charge on any atom is -0.296 e. The van der Waals surface area contributed by atoms with Gasteiger partial charge in [0, 0.05) is 50.6 Å². The topological polar surface area (TPSA) is 52.6 Å². The van der Waals surface area contributed by atoms with Crippen LogP contribution in [0.2, 0.25) is 0 Å². The maximum atomic E-state index is 13.2. The van der Waals surface area contributed by atoms with Crippen molar-refractivity contribution in [2.45, 2.75) is 6.54 Å². The third kappa shape index (κ3) is 4.24. The van der Waals surface area contributed by atoms with Crippen molar-refractivity contribution in [3.05, 3.63) is 90.4 Å². The normalized spacial score (nSPS) is 15.3. The Morgan fingerprint density at radius 1 is 0.893 bits per heavy atom. The van der Waals surface area contributed by atoms with Gasteiger partial charge in [0.05, 0.1) is 0 Å². The van der Waals surface area contributed by atoms with Gasteiger partial charge in [-0.25, -0.2) is 20.0 Å². The van der Waals surface area contributed by atoms with Crippen LogP contribution in [0.5, 0.6) is 0 Å². The molecular weight excluding hydrogens is 350 g/mol. The summed E-state index contributed by atoms with van der Waals surface area (Å²) in [6, 6.07) is 21.6. The van der Waals surface area contributed by atoms with Gasteiger partial charge in [-0.15, -0.1) is 0 Å².